The van der Waals surface area contributed by atoms with Crippen LogP contribution in [0.5, 0.6) is 0 Å². The van der Waals surface area contributed by atoms with Crippen molar-refractivity contribution in [3.63, 3.8) is 0 Å². The van der Waals surface area contributed by atoms with Gasteiger partial charge in [0.25, 0.3) is 0 Å². The summed E-state index contributed by atoms with van der Waals surface area (Å²) in [7, 11) is 1.98. The molecule has 33 heavy (non-hydrogen) atoms. The van der Waals surface area contributed by atoms with Crippen molar-refractivity contribution in [2.24, 2.45) is 0 Å². The normalized spacial score (nSPS) is 15.4. The Morgan fingerprint density at radius 2 is 1.76 bits per heavy atom. The largest absolute Gasteiger partial charge is 0.416 e. The number of aromatic nitrogens is 1. The summed E-state index contributed by atoms with van der Waals surface area (Å²) in [5.74, 6) is 0.320. The summed E-state index contributed by atoms with van der Waals surface area (Å²) in [6.45, 7) is 5.10. The average Bonchev–Trinajstić information content (AvgIpc) is 3.26. The van der Waals surface area contributed by atoms with E-state index in [0.717, 1.165) is 32.2 Å². The summed E-state index contributed by atoms with van der Waals surface area (Å²) < 4.78 is 58.2. The molecule has 0 saturated carbocycles. The number of likely N-dealkylation sites (N-methyl/N-ethyl adjacent to an activating group) is 1. The van der Waals surface area contributed by atoms with E-state index in [9.17, 15) is 17.6 Å². The first-order chi connectivity index (χ1) is 15.8. The van der Waals surface area contributed by atoms with E-state index in [1.54, 1.807) is 30.3 Å². The molecular weight excluding hydrogens is 436 g/mol. The van der Waals surface area contributed by atoms with Crippen LogP contribution in [0, 0.1) is 5.82 Å². The third kappa shape index (κ3) is 5.91. The van der Waals surface area contributed by atoms with Gasteiger partial charge in [0, 0.05) is 56.6 Å². The topological polar surface area (TPSA) is 35.8 Å². The Hall–Kier alpha value is -2.91. The molecule has 1 aliphatic rings. The van der Waals surface area contributed by atoms with Crippen molar-refractivity contribution in [3.05, 3.63) is 71.7 Å². The number of nitrogens with zero attached hydrogens (tertiary/aromatic N) is 4. The van der Waals surface area contributed by atoms with Crippen molar-refractivity contribution in [2.75, 3.05) is 51.2 Å². The number of benzene rings is 2. The van der Waals surface area contributed by atoms with Gasteiger partial charge in [-0.05, 0) is 37.4 Å². The molecule has 0 radical (unpaired) electrons. The van der Waals surface area contributed by atoms with Crippen molar-refractivity contribution >= 4 is 5.69 Å². The molecule has 0 N–H and O–H groups in total. The first-order valence-corrected chi connectivity index (χ1v) is 10.8. The third-order valence-corrected chi connectivity index (χ3v) is 5.84. The lowest BCUT2D eigenvalue weighted by Crippen LogP contribution is -2.48. The van der Waals surface area contributed by atoms with Crippen LogP contribution in [0.4, 0.5) is 23.2 Å². The van der Waals surface area contributed by atoms with Crippen molar-refractivity contribution in [1.29, 1.82) is 0 Å². The standard InChI is InChI=1S/C24H26F4N4O/c1-30(17-20-16-23(29-33-20)21-7-2-3-8-22(21)25)9-10-31-11-13-32(14-12-31)19-6-4-5-18(15-19)24(26,27)28/h2-8,15-16H,9-14,17H2,1H3. The molecule has 1 aliphatic heterocycles. The van der Waals surface area contributed by atoms with Crippen molar-refractivity contribution in [1.82, 2.24) is 15.0 Å². The fraction of sp³-hybridized carbons (Fsp3) is 0.375. The summed E-state index contributed by atoms with van der Waals surface area (Å²) in [4.78, 5) is 6.39. The lowest BCUT2D eigenvalue weighted by Gasteiger charge is -2.36. The second-order valence-corrected chi connectivity index (χ2v) is 8.27. The molecule has 0 bridgehead atoms. The van der Waals surface area contributed by atoms with Gasteiger partial charge in [-0.2, -0.15) is 13.2 Å². The number of rotatable bonds is 7. The van der Waals surface area contributed by atoms with Gasteiger partial charge < -0.3 is 9.42 Å². The molecule has 5 nitrogen and oxygen atoms in total. The molecule has 1 fully saturated rings. The highest BCUT2D eigenvalue weighted by Gasteiger charge is 2.31. The van der Waals surface area contributed by atoms with E-state index in [4.69, 9.17) is 4.52 Å². The molecule has 0 unspecified atom stereocenters. The molecule has 9 heteroatoms. The summed E-state index contributed by atoms with van der Waals surface area (Å²) in [5, 5.41) is 3.98. The van der Waals surface area contributed by atoms with Gasteiger partial charge >= 0.3 is 6.18 Å². The fourth-order valence-corrected chi connectivity index (χ4v) is 3.95. The van der Waals surface area contributed by atoms with E-state index in [-0.39, 0.29) is 5.82 Å². The van der Waals surface area contributed by atoms with Crippen LogP contribution >= 0.6 is 0 Å². The van der Waals surface area contributed by atoms with E-state index < -0.39 is 11.7 Å². The van der Waals surface area contributed by atoms with Gasteiger partial charge in [0.05, 0.1) is 12.1 Å². The Morgan fingerprint density at radius 1 is 1.00 bits per heavy atom. The lowest BCUT2D eigenvalue weighted by molar-refractivity contribution is -0.137. The molecule has 0 amide bonds. The first kappa shape index (κ1) is 23.3. The zero-order valence-corrected chi connectivity index (χ0v) is 18.4. The van der Waals surface area contributed by atoms with Gasteiger partial charge in [-0.25, -0.2) is 4.39 Å². The van der Waals surface area contributed by atoms with Crippen LogP contribution in [0.1, 0.15) is 11.3 Å². The van der Waals surface area contributed by atoms with Crippen molar-refractivity contribution in [3.8, 4) is 11.3 Å². The lowest BCUT2D eigenvalue weighted by atomic mass is 10.1. The molecule has 0 atom stereocenters. The summed E-state index contributed by atoms with van der Waals surface area (Å²) in [6.07, 6.45) is -4.33. The number of hydrogen-bond donors (Lipinski definition) is 0. The fourth-order valence-electron chi connectivity index (χ4n) is 3.95. The summed E-state index contributed by atoms with van der Waals surface area (Å²) in [5.41, 5.74) is 0.878. The van der Waals surface area contributed by atoms with Crippen LogP contribution in [0.2, 0.25) is 0 Å². The number of hydrogen-bond acceptors (Lipinski definition) is 5. The Bertz CT molecular complexity index is 1060. The monoisotopic (exact) mass is 462 g/mol. The quantitative estimate of drug-likeness (QED) is 0.474. The van der Waals surface area contributed by atoms with Crippen molar-refractivity contribution < 1.29 is 22.1 Å². The highest BCUT2D eigenvalue weighted by atomic mass is 19.4. The maximum atomic E-state index is 13.9. The molecule has 4 rings (SSSR count). The molecule has 0 spiro atoms. The molecule has 2 heterocycles. The predicted molar refractivity (Wildman–Crippen MR) is 118 cm³/mol. The number of anilines is 1. The van der Waals surface area contributed by atoms with Crippen LogP contribution in [0.3, 0.4) is 0 Å². The van der Waals surface area contributed by atoms with E-state index in [2.05, 4.69) is 15.0 Å². The van der Waals surface area contributed by atoms with Crippen LogP contribution in [-0.4, -0.2) is 61.3 Å². The highest BCUT2D eigenvalue weighted by molar-refractivity contribution is 5.59. The summed E-state index contributed by atoms with van der Waals surface area (Å²) in [6, 6.07) is 13.7. The smallest absolute Gasteiger partial charge is 0.369 e. The predicted octanol–water partition coefficient (Wildman–Crippen LogP) is 4.75. The Morgan fingerprint density at radius 3 is 2.48 bits per heavy atom. The molecule has 2 aromatic carbocycles. The third-order valence-electron chi connectivity index (χ3n) is 5.84. The maximum Gasteiger partial charge on any atom is 0.416 e. The molecule has 176 valence electrons. The van der Waals surface area contributed by atoms with Gasteiger partial charge in [-0.3, -0.25) is 9.80 Å². The van der Waals surface area contributed by atoms with Crippen LogP contribution < -0.4 is 4.90 Å². The Balaban J connectivity index is 1.24. The van der Waals surface area contributed by atoms with Gasteiger partial charge in [0.1, 0.15) is 11.5 Å². The van der Waals surface area contributed by atoms with Gasteiger partial charge in [0.2, 0.25) is 0 Å². The molecule has 1 saturated heterocycles. The number of halogens is 4. The molecular formula is C24H26F4N4O. The maximum absolute atomic E-state index is 13.9. The summed E-state index contributed by atoms with van der Waals surface area (Å²) >= 11 is 0. The average molecular weight is 462 g/mol. The van der Waals surface area contributed by atoms with Crippen molar-refractivity contribution in [2.45, 2.75) is 12.7 Å². The van der Waals surface area contributed by atoms with Gasteiger partial charge in [-0.15, -0.1) is 0 Å². The van der Waals surface area contributed by atoms with Crippen LogP contribution in [0.15, 0.2) is 59.1 Å². The zero-order valence-electron chi connectivity index (χ0n) is 18.4. The minimum atomic E-state index is -4.33. The minimum absolute atomic E-state index is 0.338. The van der Waals surface area contributed by atoms with E-state index >= 15 is 0 Å². The van der Waals surface area contributed by atoms with E-state index in [1.807, 2.05) is 11.9 Å². The Kier molecular flexibility index (Phi) is 6.99. The Labute approximate surface area is 190 Å². The molecule has 1 aromatic heterocycles. The first-order valence-electron chi connectivity index (χ1n) is 10.8. The number of alkyl halides is 3. The van der Waals surface area contributed by atoms with Crippen LogP contribution in [-0.2, 0) is 12.7 Å². The second kappa shape index (κ2) is 9.93. The second-order valence-electron chi connectivity index (χ2n) is 8.27. The highest BCUT2D eigenvalue weighted by Crippen LogP contribution is 2.32. The zero-order chi connectivity index (χ0) is 23.4. The molecule has 3 aromatic rings. The molecule has 0 aliphatic carbocycles. The van der Waals surface area contributed by atoms with Crippen LogP contribution in [0.25, 0.3) is 11.3 Å². The SMILES string of the molecule is CN(CCN1CCN(c2cccc(C(F)(F)F)c2)CC1)Cc1cc(-c2ccccc2F)no1. The number of piperazine rings is 1. The van der Waals surface area contributed by atoms with Gasteiger partial charge in [-0.1, -0.05) is 23.4 Å². The van der Waals surface area contributed by atoms with E-state index in [1.165, 1.54) is 18.2 Å². The van der Waals surface area contributed by atoms with Gasteiger partial charge in [0.15, 0.2) is 5.76 Å². The minimum Gasteiger partial charge on any atom is -0.369 e. The van der Waals surface area contributed by atoms with E-state index in [0.29, 0.717) is 42.3 Å².